The van der Waals surface area contributed by atoms with Crippen molar-refractivity contribution in [3.8, 4) is 0 Å². The maximum Gasteiger partial charge on any atom is 0.358 e. The highest BCUT2D eigenvalue weighted by Crippen LogP contribution is 2.21. The fraction of sp³-hybridized carbons (Fsp3) is 0.111. The number of amides is 1. The second-order valence-corrected chi connectivity index (χ2v) is 5.22. The lowest BCUT2D eigenvalue weighted by Crippen LogP contribution is -2.26. The van der Waals surface area contributed by atoms with Gasteiger partial charge in [-0.3, -0.25) is 4.79 Å². The first-order valence-electron chi connectivity index (χ1n) is 7.54. The van der Waals surface area contributed by atoms with Gasteiger partial charge in [0.25, 0.3) is 5.91 Å². The van der Waals surface area contributed by atoms with E-state index in [1.165, 1.54) is 12.3 Å². The zero-order chi connectivity index (χ0) is 17.6. The smallest absolute Gasteiger partial charge is 0.358 e. The molecular weight excluding hydrogens is 322 g/mol. The van der Waals surface area contributed by atoms with Crippen LogP contribution in [0.5, 0.6) is 0 Å². The average molecular weight is 337 g/mol. The molecule has 1 unspecified atom stereocenters. The molecular formula is C18H15N3O4. The van der Waals surface area contributed by atoms with Gasteiger partial charge in [-0.15, -0.1) is 0 Å². The van der Waals surface area contributed by atoms with Gasteiger partial charge in [-0.25, -0.2) is 9.78 Å². The Morgan fingerprint density at radius 1 is 1.12 bits per heavy atom. The summed E-state index contributed by atoms with van der Waals surface area (Å²) in [4.78, 5) is 28.8. The van der Waals surface area contributed by atoms with Crippen LogP contribution in [0.25, 0.3) is 0 Å². The lowest BCUT2D eigenvalue weighted by Gasteiger charge is -2.17. The van der Waals surface area contributed by atoms with Gasteiger partial charge in [0.15, 0.2) is 5.82 Å². The Balaban J connectivity index is 1.82. The third-order valence-corrected chi connectivity index (χ3v) is 3.32. The minimum atomic E-state index is -1.15. The molecule has 2 heterocycles. The SMILES string of the molecule is Cc1cc(NC(=O)C(OC(=O)c2ccccn2)c2ccccc2)no1. The number of hydrogen-bond donors (Lipinski definition) is 1. The van der Waals surface area contributed by atoms with Crippen LogP contribution in [0.4, 0.5) is 5.82 Å². The van der Waals surface area contributed by atoms with Crippen molar-refractivity contribution < 1.29 is 18.8 Å². The van der Waals surface area contributed by atoms with Crippen molar-refractivity contribution in [2.24, 2.45) is 0 Å². The Morgan fingerprint density at radius 2 is 1.88 bits per heavy atom. The fourth-order valence-corrected chi connectivity index (χ4v) is 2.17. The van der Waals surface area contributed by atoms with Crippen molar-refractivity contribution in [2.75, 3.05) is 5.32 Å². The van der Waals surface area contributed by atoms with E-state index in [1.807, 2.05) is 0 Å². The van der Waals surface area contributed by atoms with Crippen LogP contribution < -0.4 is 5.32 Å². The molecule has 0 fully saturated rings. The highest BCUT2D eigenvalue weighted by molar-refractivity contribution is 5.97. The quantitative estimate of drug-likeness (QED) is 0.719. The molecule has 0 aliphatic carbocycles. The minimum Gasteiger partial charge on any atom is -0.443 e. The summed E-state index contributed by atoms with van der Waals surface area (Å²) in [5.74, 6) is -0.431. The minimum absolute atomic E-state index is 0.119. The van der Waals surface area contributed by atoms with Crippen molar-refractivity contribution in [1.82, 2.24) is 10.1 Å². The van der Waals surface area contributed by atoms with Gasteiger partial charge >= 0.3 is 5.97 Å². The average Bonchev–Trinajstić information content (AvgIpc) is 3.05. The van der Waals surface area contributed by atoms with E-state index in [0.717, 1.165) is 0 Å². The zero-order valence-electron chi connectivity index (χ0n) is 13.4. The molecule has 0 bridgehead atoms. The van der Waals surface area contributed by atoms with E-state index < -0.39 is 18.0 Å². The summed E-state index contributed by atoms with van der Waals surface area (Å²) < 4.78 is 10.3. The Labute approximate surface area is 143 Å². The molecule has 126 valence electrons. The van der Waals surface area contributed by atoms with Crippen LogP contribution in [0.3, 0.4) is 0 Å². The van der Waals surface area contributed by atoms with Crippen molar-refractivity contribution in [3.63, 3.8) is 0 Å². The molecule has 0 saturated heterocycles. The molecule has 0 aliphatic rings. The molecule has 1 aromatic carbocycles. The van der Waals surface area contributed by atoms with Crippen molar-refractivity contribution in [1.29, 1.82) is 0 Å². The second-order valence-electron chi connectivity index (χ2n) is 5.22. The van der Waals surface area contributed by atoms with E-state index in [0.29, 0.717) is 11.3 Å². The van der Waals surface area contributed by atoms with E-state index in [4.69, 9.17) is 9.26 Å². The zero-order valence-corrected chi connectivity index (χ0v) is 13.4. The first-order valence-corrected chi connectivity index (χ1v) is 7.54. The highest BCUT2D eigenvalue weighted by atomic mass is 16.5. The normalized spacial score (nSPS) is 11.6. The number of pyridine rings is 1. The van der Waals surface area contributed by atoms with Crippen LogP contribution in [0.15, 0.2) is 65.3 Å². The number of anilines is 1. The third kappa shape index (κ3) is 4.08. The summed E-state index contributed by atoms with van der Waals surface area (Å²) in [7, 11) is 0. The van der Waals surface area contributed by atoms with E-state index in [-0.39, 0.29) is 11.5 Å². The fourth-order valence-electron chi connectivity index (χ4n) is 2.17. The molecule has 0 saturated carbocycles. The van der Waals surface area contributed by atoms with Crippen LogP contribution in [0.1, 0.15) is 27.9 Å². The molecule has 25 heavy (non-hydrogen) atoms. The number of benzene rings is 1. The first-order chi connectivity index (χ1) is 12.1. The molecule has 1 N–H and O–H groups in total. The number of aromatic nitrogens is 2. The van der Waals surface area contributed by atoms with Crippen LogP contribution >= 0.6 is 0 Å². The number of rotatable bonds is 5. The van der Waals surface area contributed by atoms with Gasteiger partial charge in [-0.1, -0.05) is 41.6 Å². The summed E-state index contributed by atoms with van der Waals surface area (Å²) in [6.07, 6.45) is 0.333. The number of carbonyl (C=O) groups excluding carboxylic acids is 2. The maximum absolute atomic E-state index is 12.6. The monoisotopic (exact) mass is 337 g/mol. The summed E-state index contributed by atoms with van der Waals surface area (Å²) in [6.45, 7) is 1.71. The molecule has 3 rings (SSSR count). The highest BCUT2D eigenvalue weighted by Gasteiger charge is 2.26. The Bertz CT molecular complexity index is 862. The lowest BCUT2D eigenvalue weighted by atomic mass is 10.1. The van der Waals surface area contributed by atoms with Crippen LogP contribution in [-0.4, -0.2) is 22.0 Å². The van der Waals surface area contributed by atoms with Crippen LogP contribution in [-0.2, 0) is 9.53 Å². The predicted octanol–water partition coefficient (Wildman–Crippen LogP) is 2.91. The Hall–Kier alpha value is -3.48. The molecule has 7 nitrogen and oxygen atoms in total. The van der Waals surface area contributed by atoms with Crippen LogP contribution in [0.2, 0.25) is 0 Å². The summed E-state index contributed by atoms with van der Waals surface area (Å²) >= 11 is 0. The molecule has 3 aromatic rings. The van der Waals surface area contributed by atoms with Gasteiger partial charge in [0, 0.05) is 17.8 Å². The van der Waals surface area contributed by atoms with E-state index in [2.05, 4.69) is 15.5 Å². The van der Waals surface area contributed by atoms with E-state index >= 15 is 0 Å². The maximum atomic E-state index is 12.6. The van der Waals surface area contributed by atoms with Gasteiger partial charge in [0.05, 0.1) is 0 Å². The molecule has 2 aromatic heterocycles. The lowest BCUT2D eigenvalue weighted by molar-refractivity contribution is -0.125. The molecule has 0 spiro atoms. The number of hydrogen-bond acceptors (Lipinski definition) is 6. The topological polar surface area (TPSA) is 94.3 Å². The van der Waals surface area contributed by atoms with Gasteiger partial charge in [0.2, 0.25) is 6.10 Å². The molecule has 1 atom stereocenters. The predicted molar refractivity (Wildman–Crippen MR) is 88.7 cm³/mol. The van der Waals surface area contributed by atoms with Gasteiger partial charge < -0.3 is 14.6 Å². The molecule has 0 aliphatic heterocycles. The van der Waals surface area contributed by atoms with E-state index in [9.17, 15) is 9.59 Å². The second kappa shape index (κ2) is 7.39. The third-order valence-electron chi connectivity index (χ3n) is 3.32. The Kier molecular flexibility index (Phi) is 4.84. The largest absolute Gasteiger partial charge is 0.443 e. The van der Waals surface area contributed by atoms with Crippen molar-refractivity contribution >= 4 is 17.7 Å². The number of nitrogens with one attached hydrogen (secondary N) is 1. The van der Waals surface area contributed by atoms with Gasteiger partial charge in [-0.05, 0) is 19.1 Å². The first kappa shape index (κ1) is 16.4. The van der Waals surface area contributed by atoms with Crippen molar-refractivity contribution in [3.05, 3.63) is 77.8 Å². The molecule has 0 radical (unpaired) electrons. The number of esters is 1. The number of ether oxygens (including phenoxy) is 1. The standard InChI is InChI=1S/C18H15N3O4/c1-12-11-15(21-25-12)20-17(22)16(13-7-3-2-4-8-13)24-18(23)14-9-5-6-10-19-14/h2-11,16H,1H3,(H,20,21,22). The number of aryl methyl sites for hydroxylation is 1. The van der Waals surface area contributed by atoms with E-state index in [1.54, 1.807) is 55.5 Å². The molecule has 1 amide bonds. The molecule has 7 heteroatoms. The number of nitrogens with zero attached hydrogens (tertiary/aromatic N) is 2. The number of carbonyl (C=O) groups is 2. The van der Waals surface area contributed by atoms with Gasteiger partial charge in [-0.2, -0.15) is 0 Å². The van der Waals surface area contributed by atoms with Crippen molar-refractivity contribution in [2.45, 2.75) is 13.0 Å². The summed E-state index contributed by atoms with van der Waals surface area (Å²) in [5.41, 5.74) is 0.651. The van der Waals surface area contributed by atoms with Crippen LogP contribution in [0, 0.1) is 6.92 Å². The van der Waals surface area contributed by atoms with Gasteiger partial charge in [0.1, 0.15) is 11.5 Å². The summed E-state index contributed by atoms with van der Waals surface area (Å²) in [6, 6.07) is 15.1. The summed E-state index contributed by atoms with van der Waals surface area (Å²) in [5, 5.41) is 6.29. The Morgan fingerprint density at radius 3 is 2.52 bits per heavy atom.